The number of aliphatic hydroxyl groups is 1. The third-order valence-corrected chi connectivity index (χ3v) is 3.53. The van der Waals surface area contributed by atoms with Gasteiger partial charge >= 0.3 is 0 Å². The van der Waals surface area contributed by atoms with Gasteiger partial charge in [-0.2, -0.15) is 0 Å². The van der Waals surface area contributed by atoms with Crippen LogP contribution in [-0.4, -0.2) is 34.5 Å². The molecule has 0 unspecified atom stereocenters. The predicted octanol–water partition coefficient (Wildman–Crippen LogP) is 1.30. The molecule has 0 fully saturated rings. The summed E-state index contributed by atoms with van der Waals surface area (Å²) >= 11 is 0. The average Bonchev–Trinajstić information content (AvgIpc) is 2.62. The fraction of sp³-hybridized carbons (Fsp3) is 0.333. The largest absolute Gasteiger partial charge is 0.394 e. The van der Waals surface area contributed by atoms with Crippen molar-refractivity contribution in [1.82, 2.24) is 4.90 Å². The Balaban J connectivity index is 2.20. The van der Waals surface area contributed by atoms with Crippen molar-refractivity contribution in [3.63, 3.8) is 0 Å². The highest BCUT2D eigenvalue weighted by atomic mass is 16.3. The molecule has 1 aliphatic rings. The quantitative estimate of drug-likeness (QED) is 0.829. The number of hydrogen-bond acceptors (Lipinski definition) is 3. The number of imide groups is 1. The molecular weight excluding hydrogens is 242 g/mol. The van der Waals surface area contributed by atoms with Gasteiger partial charge in [-0.25, -0.2) is 0 Å². The maximum absolute atomic E-state index is 12.1. The van der Waals surface area contributed by atoms with Gasteiger partial charge in [0.25, 0.3) is 11.8 Å². The van der Waals surface area contributed by atoms with Crippen molar-refractivity contribution >= 4 is 11.8 Å². The summed E-state index contributed by atoms with van der Waals surface area (Å²) in [4.78, 5) is 25.3. The van der Waals surface area contributed by atoms with Crippen molar-refractivity contribution in [1.29, 1.82) is 0 Å². The molecule has 19 heavy (non-hydrogen) atoms. The zero-order valence-electron chi connectivity index (χ0n) is 11.1. The molecule has 100 valence electrons. The molecule has 0 aliphatic carbocycles. The number of aliphatic hydroxyl groups excluding tert-OH is 1. The summed E-state index contributed by atoms with van der Waals surface area (Å²) in [7, 11) is 0. The van der Waals surface area contributed by atoms with Crippen LogP contribution in [0.25, 0.3) is 0 Å². The zero-order chi connectivity index (χ0) is 14.0. The van der Waals surface area contributed by atoms with Crippen LogP contribution in [0.4, 0.5) is 0 Å². The molecule has 2 rings (SSSR count). The van der Waals surface area contributed by atoms with Crippen LogP contribution in [0.1, 0.15) is 19.4 Å². The molecule has 0 bridgehead atoms. The van der Waals surface area contributed by atoms with Gasteiger partial charge in [-0.3, -0.25) is 14.5 Å². The van der Waals surface area contributed by atoms with Gasteiger partial charge < -0.3 is 5.11 Å². The number of benzene rings is 1. The van der Waals surface area contributed by atoms with E-state index in [1.807, 2.05) is 30.3 Å². The third-order valence-electron chi connectivity index (χ3n) is 3.53. The first-order valence-electron chi connectivity index (χ1n) is 6.26. The molecule has 0 radical (unpaired) electrons. The Kier molecular flexibility index (Phi) is 3.81. The summed E-state index contributed by atoms with van der Waals surface area (Å²) in [6.07, 6.45) is 0.468. The predicted molar refractivity (Wildman–Crippen MR) is 71.2 cm³/mol. The zero-order valence-corrected chi connectivity index (χ0v) is 11.1. The second-order valence-corrected chi connectivity index (χ2v) is 4.76. The Hall–Kier alpha value is -1.94. The van der Waals surface area contributed by atoms with E-state index >= 15 is 0 Å². The van der Waals surface area contributed by atoms with Gasteiger partial charge in [0.1, 0.15) is 0 Å². The van der Waals surface area contributed by atoms with Crippen molar-refractivity contribution in [2.75, 3.05) is 6.61 Å². The summed E-state index contributed by atoms with van der Waals surface area (Å²) in [5.74, 6) is -0.588. The SMILES string of the molecule is CC1=C(C)C(=O)N([C@@H](CO)Cc2ccccc2)C1=O. The summed E-state index contributed by atoms with van der Waals surface area (Å²) in [5, 5.41) is 9.49. The van der Waals surface area contributed by atoms with E-state index in [1.165, 1.54) is 4.90 Å². The molecule has 4 nitrogen and oxygen atoms in total. The van der Waals surface area contributed by atoms with E-state index in [-0.39, 0.29) is 18.4 Å². The molecule has 0 saturated heterocycles. The Morgan fingerprint density at radius 2 is 1.58 bits per heavy atom. The summed E-state index contributed by atoms with van der Waals surface area (Å²) in [6.45, 7) is 3.06. The van der Waals surface area contributed by atoms with Gasteiger partial charge in [-0.05, 0) is 25.8 Å². The van der Waals surface area contributed by atoms with Crippen LogP contribution >= 0.6 is 0 Å². The lowest BCUT2D eigenvalue weighted by Crippen LogP contribution is -2.44. The molecule has 0 saturated carbocycles. The van der Waals surface area contributed by atoms with Gasteiger partial charge in [-0.15, -0.1) is 0 Å². The minimum atomic E-state index is -0.505. The number of rotatable bonds is 4. The second-order valence-electron chi connectivity index (χ2n) is 4.76. The minimum absolute atomic E-state index is 0.229. The molecule has 1 aromatic rings. The molecule has 4 heteroatoms. The highest BCUT2D eigenvalue weighted by Crippen LogP contribution is 2.23. The van der Waals surface area contributed by atoms with E-state index < -0.39 is 6.04 Å². The number of amides is 2. The lowest BCUT2D eigenvalue weighted by Gasteiger charge is -2.25. The first-order chi connectivity index (χ1) is 9.06. The standard InChI is InChI=1S/C15H17NO3/c1-10-11(2)15(19)16(14(10)18)13(9-17)8-12-6-4-3-5-7-12/h3-7,13,17H,8-9H2,1-2H3/t13-/m1/s1. The highest BCUT2D eigenvalue weighted by Gasteiger charge is 2.37. The smallest absolute Gasteiger partial charge is 0.257 e. The van der Waals surface area contributed by atoms with Crippen molar-refractivity contribution < 1.29 is 14.7 Å². The van der Waals surface area contributed by atoms with E-state index in [2.05, 4.69) is 0 Å². The van der Waals surface area contributed by atoms with E-state index in [4.69, 9.17) is 0 Å². The van der Waals surface area contributed by atoms with Crippen LogP contribution in [0, 0.1) is 0 Å². The average molecular weight is 259 g/mol. The fourth-order valence-corrected chi connectivity index (χ4v) is 2.23. The summed E-state index contributed by atoms with van der Waals surface area (Å²) < 4.78 is 0. The summed E-state index contributed by atoms with van der Waals surface area (Å²) in [6, 6.07) is 9.02. The molecular formula is C15H17NO3. The van der Waals surface area contributed by atoms with Gasteiger partial charge in [0.15, 0.2) is 0 Å². The molecule has 1 heterocycles. The number of nitrogens with zero attached hydrogens (tertiary/aromatic N) is 1. The molecule has 0 aromatic heterocycles. The van der Waals surface area contributed by atoms with Gasteiger partial charge in [0, 0.05) is 11.1 Å². The highest BCUT2D eigenvalue weighted by molar-refractivity contribution is 6.19. The molecule has 2 amide bonds. The number of carbonyl (C=O) groups excluding carboxylic acids is 2. The van der Waals surface area contributed by atoms with Crippen LogP contribution in [0.5, 0.6) is 0 Å². The monoisotopic (exact) mass is 259 g/mol. The Labute approximate surface area is 112 Å². The molecule has 1 aliphatic heterocycles. The topological polar surface area (TPSA) is 57.6 Å². The fourth-order valence-electron chi connectivity index (χ4n) is 2.23. The van der Waals surface area contributed by atoms with E-state index in [0.717, 1.165) is 5.56 Å². The van der Waals surface area contributed by atoms with Crippen molar-refractivity contribution in [3.8, 4) is 0 Å². The number of hydrogen-bond donors (Lipinski definition) is 1. The lowest BCUT2D eigenvalue weighted by atomic mass is 10.1. The first-order valence-corrected chi connectivity index (χ1v) is 6.26. The third kappa shape index (κ3) is 2.44. The van der Waals surface area contributed by atoms with Gasteiger partial charge in [0.05, 0.1) is 12.6 Å². The van der Waals surface area contributed by atoms with Crippen molar-refractivity contribution in [2.45, 2.75) is 26.3 Å². The Bertz CT molecular complexity index is 510. The van der Waals surface area contributed by atoms with Crippen LogP contribution in [0.3, 0.4) is 0 Å². The molecule has 1 aromatic carbocycles. The maximum Gasteiger partial charge on any atom is 0.257 e. The normalized spacial score (nSPS) is 17.3. The minimum Gasteiger partial charge on any atom is -0.394 e. The van der Waals surface area contributed by atoms with Crippen molar-refractivity contribution in [3.05, 3.63) is 47.0 Å². The summed E-state index contributed by atoms with van der Waals surface area (Å²) in [5.41, 5.74) is 1.93. The van der Waals surface area contributed by atoms with Gasteiger partial charge in [0.2, 0.25) is 0 Å². The van der Waals surface area contributed by atoms with Crippen LogP contribution in [-0.2, 0) is 16.0 Å². The van der Waals surface area contributed by atoms with Gasteiger partial charge in [-0.1, -0.05) is 30.3 Å². The maximum atomic E-state index is 12.1. The Morgan fingerprint density at radius 3 is 2.05 bits per heavy atom. The van der Waals surface area contributed by atoms with Crippen LogP contribution < -0.4 is 0 Å². The van der Waals surface area contributed by atoms with E-state index in [9.17, 15) is 14.7 Å². The molecule has 1 atom stereocenters. The van der Waals surface area contributed by atoms with Crippen LogP contribution in [0.15, 0.2) is 41.5 Å². The van der Waals surface area contributed by atoms with E-state index in [0.29, 0.717) is 17.6 Å². The second kappa shape index (κ2) is 5.36. The Morgan fingerprint density at radius 1 is 1.05 bits per heavy atom. The van der Waals surface area contributed by atoms with E-state index in [1.54, 1.807) is 13.8 Å². The van der Waals surface area contributed by atoms with Crippen LogP contribution in [0.2, 0.25) is 0 Å². The number of carbonyl (C=O) groups is 2. The molecule has 0 spiro atoms. The van der Waals surface area contributed by atoms with Crippen molar-refractivity contribution in [2.24, 2.45) is 0 Å². The molecule has 1 N–H and O–H groups in total. The lowest BCUT2D eigenvalue weighted by molar-refractivity contribution is -0.141. The first kappa shape index (κ1) is 13.5.